The first-order chi connectivity index (χ1) is 14.0. The average Bonchev–Trinajstić information content (AvgIpc) is 3.15. The van der Waals surface area contributed by atoms with Crippen molar-refractivity contribution in [2.75, 3.05) is 0 Å². The number of aryl methyl sites for hydroxylation is 3. The number of carbonyl (C=O) groups is 1. The van der Waals surface area contributed by atoms with Gasteiger partial charge in [-0.3, -0.25) is 18.7 Å². The van der Waals surface area contributed by atoms with E-state index in [0.717, 1.165) is 23.8 Å². The average molecular weight is 395 g/mol. The predicted molar refractivity (Wildman–Crippen MR) is 110 cm³/mol. The minimum Gasteiger partial charge on any atom is -0.349 e. The first-order valence-electron chi connectivity index (χ1n) is 9.95. The topological polar surface area (TPSA) is 90.9 Å². The Morgan fingerprint density at radius 3 is 2.83 bits per heavy atom. The summed E-state index contributed by atoms with van der Waals surface area (Å²) in [5.41, 5.74) is 2.51. The van der Waals surface area contributed by atoms with Crippen LogP contribution in [0, 0.1) is 0 Å². The van der Waals surface area contributed by atoms with Crippen LogP contribution < -0.4 is 16.6 Å². The molecule has 2 heterocycles. The smallest absolute Gasteiger partial charge is 0.332 e. The third-order valence-electron chi connectivity index (χ3n) is 5.72. The van der Waals surface area contributed by atoms with E-state index in [1.54, 1.807) is 17.9 Å². The summed E-state index contributed by atoms with van der Waals surface area (Å²) in [5.74, 6) is 0.0106. The maximum Gasteiger partial charge on any atom is 0.332 e. The molecule has 4 rings (SSSR count). The Morgan fingerprint density at radius 2 is 2.00 bits per heavy atom. The highest BCUT2D eigenvalue weighted by atomic mass is 16.2. The van der Waals surface area contributed by atoms with Crippen LogP contribution in [0.2, 0.25) is 0 Å². The summed E-state index contributed by atoms with van der Waals surface area (Å²) in [6.45, 7) is 0.485. The highest BCUT2D eigenvalue weighted by Crippen LogP contribution is 2.29. The van der Waals surface area contributed by atoms with Gasteiger partial charge in [0.05, 0.1) is 12.4 Å². The van der Waals surface area contributed by atoms with Crippen molar-refractivity contribution in [1.29, 1.82) is 0 Å². The number of hydrogen-bond acceptors (Lipinski definition) is 4. The standard InChI is InChI=1S/C21H25N5O3/c1-24-19-18(20(28)25(2)21(24)29)26(13-22-19)12-6-11-17(27)23-16-10-5-8-14-7-3-4-9-15(14)16/h3-4,7,9,13,16H,5-6,8,10-12H2,1-2H3,(H,23,27)/t16-/m1/s1. The maximum atomic E-state index is 12.5. The fourth-order valence-corrected chi connectivity index (χ4v) is 4.15. The Labute approximate surface area is 167 Å². The lowest BCUT2D eigenvalue weighted by molar-refractivity contribution is -0.122. The Kier molecular flexibility index (Phi) is 5.08. The molecule has 3 aromatic rings. The fourth-order valence-electron chi connectivity index (χ4n) is 4.15. The number of nitrogens with zero attached hydrogens (tertiary/aromatic N) is 4. The predicted octanol–water partition coefficient (Wildman–Crippen LogP) is 1.41. The number of amides is 1. The Balaban J connectivity index is 1.42. The van der Waals surface area contributed by atoms with Gasteiger partial charge in [-0.2, -0.15) is 0 Å². The quantitative estimate of drug-likeness (QED) is 0.707. The highest BCUT2D eigenvalue weighted by Gasteiger charge is 2.21. The molecule has 0 unspecified atom stereocenters. The van der Waals surface area contributed by atoms with Gasteiger partial charge in [0.1, 0.15) is 0 Å². The van der Waals surface area contributed by atoms with Crippen molar-refractivity contribution < 1.29 is 4.79 Å². The van der Waals surface area contributed by atoms with Crippen LogP contribution in [-0.4, -0.2) is 24.6 Å². The van der Waals surface area contributed by atoms with Crippen LogP contribution in [0.25, 0.3) is 11.2 Å². The number of nitrogens with one attached hydrogen (secondary N) is 1. The molecule has 29 heavy (non-hydrogen) atoms. The third-order valence-corrected chi connectivity index (χ3v) is 5.72. The fraction of sp³-hybridized carbons (Fsp3) is 0.429. The molecule has 1 aliphatic rings. The molecular weight excluding hydrogens is 370 g/mol. The molecule has 0 fully saturated rings. The van der Waals surface area contributed by atoms with Gasteiger partial charge in [0.15, 0.2) is 11.2 Å². The lowest BCUT2D eigenvalue weighted by Crippen LogP contribution is -2.37. The number of hydrogen-bond donors (Lipinski definition) is 1. The third kappa shape index (κ3) is 3.50. The summed E-state index contributed by atoms with van der Waals surface area (Å²) in [6.07, 6.45) is 5.60. The second kappa shape index (κ2) is 7.69. The molecule has 1 amide bonds. The SMILES string of the molecule is Cn1c(=O)c2c(ncn2CCCC(=O)N[C@@H]2CCCc3ccccc32)n(C)c1=O. The molecule has 0 saturated carbocycles. The molecule has 1 atom stereocenters. The summed E-state index contributed by atoms with van der Waals surface area (Å²) in [5, 5.41) is 3.15. The van der Waals surface area contributed by atoms with E-state index < -0.39 is 5.69 Å². The largest absolute Gasteiger partial charge is 0.349 e. The molecule has 0 saturated heterocycles. The molecule has 8 nitrogen and oxygen atoms in total. The minimum absolute atomic E-state index is 0.0106. The second-order valence-electron chi connectivity index (χ2n) is 7.63. The maximum absolute atomic E-state index is 12.5. The van der Waals surface area contributed by atoms with Crippen LogP contribution in [0.1, 0.15) is 42.9 Å². The molecule has 0 aliphatic heterocycles. The molecule has 0 spiro atoms. The van der Waals surface area contributed by atoms with Crippen molar-refractivity contribution in [1.82, 2.24) is 24.0 Å². The van der Waals surface area contributed by atoms with Crippen molar-refractivity contribution in [3.63, 3.8) is 0 Å². The molecule has 1 aliphatic carbocycles. The van der Waals surface area contributed by atoms with Crippen LogP contribution in [0.5, 0.6) is 0 Å². The van der Waals surface area contributed by atoms with Gasteiger partial charge in [0.25, 0.3) is 5.56 Å². The van der Waals surface area contributed by atoms with E-state index in [2.05, 4.69) is 22.4 Å². The molecular formula is C21H25N5O3. The van der Waals surface area contributed by atoms with Crippen molar-refractivity contribution >= 4 is 17.1 Å². The van der Waals surface area contributed by atoms with Gasteiger partial charge in [-0.15, -0.1) is 0 Å². The first kappa shape index (κ1) is 19.2. The van der Waals surface area contributed by atoms with Crippen LogP contribution in [0.3, 0.4) is 0 Å². The molecule has 8 heteroatoms. The van der Waals surface area contributed by atoms with Crippen molar-refractivity contribution in [3.05, 3.63) is 62.6 Å². The van der Waals surface area contributed by atoms with E-state index in [4.69, 9.17) is 0 Å². The van der Waals surface area contributed by atoms with E-state index >= 15 is 0 Å². The summed E-state index contributed by atoms with van der Waals surface area (Å²) < 4.78 is 4.16. The Hall–Kier alpha value is -3.16. The van der Waals surface area contributed by atoms with Gasteiger partial charge in [-0.1, -0.05) is 24.3 Å². The van der Waals surface area contributed by atoms with E-state index in [9.17, 15) is 14.4 Å². The Bertz CT molecular complexity index is 1190. The van der Waals surface area contributed by atoms with Gasteiger partial charge >= 0.3 is 5.69 Å². The monoisotopic (exact) mass is 395 g/mol. The first-order valence-corrected chi connectivity index (χ1v) is 9.95. The van der Waals surface area contributed by atoms with E-state index in [1.165, 1.54) is 22.7 Å². The van der Waals surface area contributed by atoms with Gasteiger partial charge in [-0.05, 0) is 36.8 Å². The zero-order valence-electron chi connectivity index (χ0n) is 16.7. The molecule has 152 valence electrons. The van der Waals surface area contributed by atoms with Crippen LogP contribution in [0.4, 0.5) is 0 Å². The van der Waals surface area contributed by atoms with Crippen molar-refractivity contribution in [3.8, 4) is 0 Å². The van der Waals surface area contributed by atoms with E-state index in [-0.39, 0.29) is 17.5 Å². The number of imidazole rings is 1. The summed E-state index contributed by atoms with van der Waals surface area (Å²) in [4.78, 5) is 41.2. The van der Waals surface area contributed by atoms with Crippen LogP contribution >= 0.6 is 0 Å². The van der Waals surface area contributed by atoms with Gasteiger partial charge in [-0.25, -0.2) is 9.78 Å². The zero-order chi connectivity index (χ0) is 20.5. The summed E-state index contributed by atoms with van der Waals surface area (Å²) in [6, 6.07) is 8.35. The Morgan fingerprint density at radius 1 is 1.21 bits per heavy atom. The van der Waals surface area contributed by atoms with Gasteiger partial charge in [0, 0.05) is 27.1 Å². The molecule has 1 N–H and O–H groups in total. The molecule has 0 bridgehead atoms. The second-order valence-corrected chi connectivity index (χ2v) is 7.63. The van der Waals surface area contributed by atoms with Crippen LogP contribution in [0.15, 0.2) is 40.2 Å². The number of rotatable bonds is 5. The normalized spacial score (nSPS) is 16.0. The van der Waals surface area contributed by atoms with Crippen LogP contribution in [-0.2, 0) is 31.9 Å². The van der Waals surface area contributed by atoms with E-state index in [0.29, 0.717) is 30.6 Å². The molecule has 0 radical (unpaired) electrons. The zero-order valence-corrected chi connectivity index (χ0v) is 16.7. The molecule has 2 aromatic heterocycles. The highest BCUT2D eigenvalue weighted by molar-refractivity contribution is 5.76. The lowest BCUT2D eigenvalue weighted by Gasteiger charge is -2.26. The van der Waals surface area contributed by atoms with Crippen molar-refractivity contribution in [2.45, 2.75) is 44.7 Å². The van der Waals surface area contributed by atoms with Crippen molar-refractivity contribution in [2.24, 2.45) is 14.1 Å². The number of aromatic nitrogens is 4. The lowest BCUT2D eigenvalue weighted by atomic mass is 9.87. The number of carbonyl (C=O) groups excluding carboxylic acids is 1. The van der Waals surface area contributed by atoms with Gasteiger partial charge < -0.3 is 9.88 Å². The summed E-state index contributed by atoms with van der Waals surface area (Å²) in [7, 11) is 3.05. The number of benzene rings is 1. The molecule has 1 aromatic carbocycles. The number of fused-ring (bicyclic) bond motifs is 2. The van der Waals surface area contributed by atoms with Gasteiger partial charge in [0.2, 0.25) is 5.91 Å². The van der Waals surface area contributed by atoms with E-state index in [1.807, 2.05) is 12.1 Å². The summed E-state index contributed by atoms with van der Waals surface area (Å²) >= 11 is 0. The minimum atomic E-state index is -0.403.